The van der Waals surface area contributed by atoms with Crippen molar-refractivity contribution in [2.45, 2.75) is 6.92 Å². The average molecular weight is 306 g/mol. The zero-order chi connectivity index (χ0) is 15.6. The number of benzene rings is 2. The first-order valence-corrected chi connectivity index (χ1v) is 6.47. The van der Waals surface area contributed by atoms with Gasteiger partial charge in [-0.05, 0) is 42.8 Å². The van der Waals surface area contributed by atoms with Crippen molar-refractivity contribution in [2.24, 2.45) is 5.73 Å². The monoisotopic (exact) mass is 306 g/mol. The van der Waals surface area contributed by atoms with E-state index in [-0.39, 0.29) is 21.8 Å². The van der Waals surface area contributed by atoms with E-state index in [9.17, 15) is 13.6 Å². The van der Waals surface area contributed by atoms with Gasteiger partial charge in [0.05, 0.1) is 11.3 Å². The molecule has 1 amide bonds. The van der Waals surface area contributed by atoms with E-state index >= 15 is 0 Å². The van der Waals surface area contributed by atoms with E-state index < -0.39 is 17.5 Å². The van der Waals surface area contributed by atoms with E-state index in [1.54, 1.807) is 6.92 Å². The van der Waals surface area contributed by atoms with Gasteiger partial charge in [-0.1, -0.05) is 18.3 Å². The second kappa shape index (κ2) is 5.97. The molecule has 108 valence electrons. The number of rotatable bonds is 3. The van der Waals surface area contributed by atoms with Gasteiger partial charge in [-0.3, -0.25) is 4.79 Å². The summed E-state index contributed by atoms with van der Waals surface area (Å²) in [5.74, 6) is -1.52. The Kier molecular flexibility index (Phi) is 4.28. The fraction of sp³-hybridized carbons (Fsp3) is 0.0667. The van der Waals surface area contributed by atoms with Crippen molar-refractivity contribution in [3.8, 4) is 0 Å². The Morgan fingerprint density at radius 3 is 2.52 bits per heavy atom. The largest absolute Gasteiger partial charge is 0.389 e. The molecule has 0 saturated carbocycles. The maximum Gasteiger partial charge on any atom is 0.255 e. The van der Waals surface area contributed by atoms with Crippen molar-refractivity contribution in [2.75, 3.05) is 5.32 Å². The molecule has 3 N–H and O–H groups in total. The summed E-state index contributed by atoms with van der Waals surface area (Å²) in [7, 11) is 0. The number of anilines is 1. The van der Waals surface area contributed by atoms with Crippen molar-refractivity contribution in [3.05, 3.63) is 64.7 Å². The zero-order valence-electron chi connectivity index (χ0n) is 11.1. The molecule has 0 aliphatic carbocycles. The van der Waals surface area contributed by atoms with Crippen molar-refractivity contribution >= 4 is 28.8 Å². The molecule has 2 aromatic carbocycles. The molecule has 0 atom stereocenters. The molecule has 0 radical (unpaired) electrons. The Labute approximate surface area is 125 Å². The van der Waals surface area contributed by atoms with Gasteiger partial charge >= 0.3 is 0 Å². The van der Waals surface area contributed by atoms with Crippen molar-refractivity contribution < 1.29 is 13.6 Å². The summed E-state index contributed by atoms with van der Waals surface area (Å²) in [5.41, 5.74) is 6.21. The number of aryl methyl sites for hydroxylation is 1. The van der Waals surface area contributed by atoms with Crippen LogP contribution in [0.5, 0.6) is 0 Å². The van der Waals surface area contributed by atoms with Gasteiger partial charge in [-0.25, -0.2) is 8.78 Å². The van der Waals surface area contributed by atoms with Crippen LogP contribution in [0, 0.1) is 18.6 Å². The summed E-state index contributed by atoms with van der Waals surface area (Å²) in [6, 6.07) is 8.08. The van der Waals surface area contributed by atoms with Crippen LogP contribution in [0.4, 0.5) is 14.5 Å². The minimum Gasteiger partial charge on any atom is -0.389 e. The summed E-state index contributed by atoms with van der Waals surface area (Å²) in [6.07, 6.45) is 0. The molecule has 2 rings (SSSR count). The third-order valence-corrected chi connectivity index (χ3v) is 3.13. The summed E-state index contributed by atoms with van der Waals surface area (Å²) in [4.78, 5) is 12.0. The van der Waals surface area contributed by atoms with E-state index in [0.717, 1.165) is 0 Å². The molecule has 0 fully saturated rings. The van der Waals surface area contributed by atoms with Gasteiger partial charge < -0.3 is 11.1 Å². The van der Waals surface area contributed by atoms with Gasteiger partial charge in [0.1, 0.15) is 16.6 Å². The van der Waals surface area contributed by atoms with E-state index in [4.69, 9.17) is 18.0 Å². The summed E-state index contributed by atoms with van der Waals surface area (Å²) in [5, 5.41) is 2.53. The topological polar surface area (TPSA) is 55.1 Å². The van der Waals surface area contributed by atoms with E-state index in [1.807, 2.05) is 0 Å². The van der Waals surface area contributed by atoms with Crippen molar-refractivity contribution in [1.29, 1.82) is 0 Å². The molecule has 0 unspecified atom stereocenters. The van der Waals surface area contributed by atoms with Gasteiger partial charge in [0.2, 0.25) is 0 Å². The molecule has 0 spiro atoms. The van der Waals surface area contributed by atoms with Gasteiger partial charge in [-0.15, -0.1) is 0 Å². The fourth-order valence-corrected chi connectivity index (χ4v) is 2.07. The standard InChI is InChI=1S/C15H12F2N2OS/c1-8-7-9(5-6-10(8)16)15(20)19-12-4-2-3-11(17)13(12)14(18)21/h2-7H,1H3,(H2,18,21)(H,19,20). The Hall–Kier alpha value is -2.34. The van der Waals surface area contributed by atoms with Gasteiger partial charge in [0.25, 0.3) is 5.91 Å². The van der Waals surface area contributed by atoms with Crippen molar-refractivity contribution in [3.63, 3.8) is 0 Å². The predicted octanol–water partition coefficient (Wildman–Crippen LogP) is 3.16. The predicted molar refractivity (Wildman–Crippen MR) is 81.4 cm³/mol. The SMILES string of the molecule is Cc1cc(C(=O)Nc2cccc(F)c2C(N)=S)ccc1F. The van der Waals surface area contributed by atoms with Crippen LogP contribution in [-0.4, -0.2) is 10.9 Å². The normalized spacial score (nSPS) is 10.2. The molecular formula is C15H12F2N2OS. The fourth-order valence-electron chi connectivity index (χ4n) is 1.86. The first kappa shape index (κ1) is 15.1. The summed E-state index contributed by atoms with van der Waals surface area (Å²) in [6.45, 7) is 1.55. The number of carbonyl (C=O) groups excluding carboxylic acids is 1. The molecule has 21 heavy (non-hydrogen) atoms. The third kappa shape index (κ3) is 3.22. The molecule has 3 nitrogen and oxygen atoms in total. The molecule has 0 aliphatic heterocycles. The lowest BCUT2D eigenvalue weighted by molar-refractivity contribution is 0.102. The number of nitrogens with one attached hydrogen (secondary N) is 1. The quantitative estimate of drug-likeness (QED) is 0.857. The lowest BCUT2D eigenvalue weighted by Gasteiger charge is -2.11. The highest BCUT2D eigenvalue weighted by molar-refractivity contribution is 7.80. The number of hydrogen-bond donors (Lipinski definition) is 2. The van der Waals surface area contributed by atoms with Crippen LogP contribution in [0.2, 0.25) is 0 Å². The smallest absolute Gasteiger partial charge is 0.255 e. The number of carbonyl (C=O) groups is 1. The van der Waals surface area contributed by atoms with Crippen LogP contribution in [-0.2, 0) is 0 Å². The van der Waals surface area contributed by atoms with Crippen LogP contribution in [0.3, 0.4) is 0 Å². The molecule has 0 saturated heterocycles. The molecule has 0 bridgehead atoms. The molecule has 6 heteroatoms. The Bertz CT molecular complexity index is 732. The van der Waals surface area contributed by atoms with E-state index in [2.05, 4.69) is 5.32 Å². The van der Waals surface area contributed by atoms with E-state index in [1.165, 1.54) is 36.4 Å². The van der Waals surface area contributed by atoms with Gasteiger partial charge in [0, 0.05) is 5.56 Å². The van der Waals surface area contributed by atoms with E-state index in [0.29, 0.717) is 5.56 Å². The summed E-state index contributed by atoms with van der Waals surface area (Å²) >= 11 is 4.78. The highest BCUT2D eigenvalue weighted by Gasteiger charge is 2.15. The zero-order valence-corrected chi connectivity index (χ0v) is 11.9. The first-order valence-electron chi connectivity index (χ1n) is 6.06. The molecule has 0 heterocycles. The Balaban J connectivity index is 2.34. The lowest BCUT2D eigenvalue weighted by atomic mass is 10.1. The second-order valence-corrected chi connectivity index (χ2v) is 4.88. The number of halogens is 2. The highest BCUT2D eigenvalue weighted by Crippen LogP contribution is 2.20. The second-order valence-electron chi connectivity index (χ2n) is 4.44. The third-order valence-electron chi connectivity index (χ3n) is 2.93. The first-order chi connectivity index (χ1) is 9.90. The van der Waals surface area contributed by atoms with Crippen LogP contribution in [0.25, 0.3) is 0 Å². The van der Waals surface area contributed by atoms with Gasteiger partial charge in [-0.2, -0.15) is 0 Å². The van der Waals surface area contributed by atoms with Crippen LogP contribution < -0.4 is 11.1 Å². The lowest BCUT2D eigenvalue weighted by Crippen LogP contribution is -2.19. The highest BCUT2D eigenvalue weighted by atomic mass is 32.1. The molecule has 0 aliphatic rings. The molecule has 0 aromatic heterocycles. The number of nitrogens with two attached hydrogens (primary N) is 1. The van der Waals surface area contributed by atoms with Crippen molar-refractivity contribution in [1.82, 2.24) is 0 Å². The average Bonchev–Trinajstić information content (AvgIpc) is 2.41. The molecule has 2 aromatic rings. The number of thiocarbonyl (C=S) groups is 1. The summed E-state index contributed by atoms with van der Waals surface area (Å²) < 4.78 is 26.9. The number of amides is 1. The molecular weight excluding hydrogens is 294 g/mol. The maximum absolute atomic E-state index is 13.7. The van der Waals surface area contributed by atoms with Crippen LogP contribution in [0.15, 0.2) is 36.4 Å². The minimum atomic E-state index is -0.615. The maximum atomic E-state index is 13.7. The Morgan fingerprint density at radius 2 is 1.90 bits per heavy atom. The van der Waals surface area contributed by atoms with Crippen LogP contribution in [0.1, 0.15) is 21.5 Å². The Morgan fingerprint density at radius 1 is 1.19 bits per heavy atom. The van der Waals surface area contributed by atoms with Gasteiger partial charge in [0.15, 0.2) is 0 Å². The number of hydrogen-bond acceptors (Lipinski definition) is 2. The van der Waals surface area contributed by atoms with Crippen LogP contribution >= 0.6 is 12.2 Å². The minimum absolute atomic E-state index is 0.0281.